The van der Waals surface area contributed by atoms with Crippen LogP contribution in [0.2, 0.25) is 0 Å². The molecule has 0 radical (unpaired) electrons. The van der Waals surface area contributed by atoms with Crippen LogP contribution in [0.3, 0.4) is 0 Å². The fraction of sp³-hybridized carbons (Fsp3) is 0.652. The number of amides is 1. The Morgan fingerprint density at radius 2 is 1.61 bits per heavy atom. The molecule has 152 valence electrons. The van der Waals surface area contributed by atoms with Crippen molar-refractivity contribution in [3.05, 3.63) is 29.8 Å². The van der Waals surface area contributed by atoms with Crippen LogP contribution in [0.1, 0.15) is 50.5 Å². The number of aryl methyl sites for hydroxylation is 1. The lowest BCUT2D eigenvalue weighted by atomic mass is 9.49. The highest BCUT2D eigenvalue weighted by atomic mass is 16.6. The van der Waals surface area contributed by atoms with Crippen LogP contribution < -0.4 is 10.1 Å². The first-order chi connectivity index (χ1) is 13.5. The quantitative estimate of drug-likeness (QED) is 0.548. The number of hydrogen-bond donors (Lipinski definition) is 1. The lowest BCUT2D eigenvalue weighted by Crippen LogP contribution is -2.48. The average molecular weight is 386 g/mol. The van der Waals surface area contributed by atoms with Crippen LogP contribution >= 0.6 is 0 Å². The molecule has 4 saturated carbocycles. The standard InChI is InChI=1S/C23H31NO4/c1-16-2-4-20(5-3-16)27-6-7-28-22(26)15-24-21(25)14-23-11-17-8-18(12-23)10-19(9-17)13-23/h2-5,17-19H,6-15H2,1H3,(H,24,25). The monoisotopic (exact) mass is 385 g/mol. The summed E-state index contributed by atoms with van der Waals surface area (Å²) in [5.41, 5.74) is 1.37. The molecule has 0 aliphatic heterocycles. The molecule has 0 aromatic heterocycles. The molecule has 0 spiro atoms. The molecule has 5 rings (SSSR count). The molecule has 4 fully saturated rings. The lowest BCUT2D eigenvalue weighted by molar-refractivity contribution is -0.145. The zero-order valence-electron chi connectivity index (χ0n) is 16.7. The molecule has 4 aliphatic carbocycles. The summed E-state index contributed by atoms with van der Waals surface area (Å²) in [4.78, 5) is 24.3. The van der Waals surface area contributed by atoms with E-state index in [0.717, 1.165) is 23.5 Å². The predicted molar refractivity (Wildman–Crippen MR) is 106 cm³/mol. The predicted octanol–water partition coefficient (Wildman–Crippen LogP) is 3.64. The van der Waals surface area contributed by atoms with Crippen molar-refractivity contribution in [1.29, 1.82) is 0 Å². The van der Waals surface area contributed by atoms with Crippen molar-refractivity contribution in [2.75, 3.05) is 19.8 Å². The van der Waals surface area contributed by atoms with E-state index in [1.165, 1.54) is 44.1 Å². The minimum Gasteiger partial charge on any atom is -0.490 e. The Hall–Kier alpha value is -2.04. The Morgan fingerprint density at radius 3 is 2.21 bits per heavy atom. The number of esters is 1. The minimum atomic E-state index is -0.411. The number of benzene rings is 1. The van der Waals surface area contributed by atoms with E-state index in [-0.39, 0.29) is 24.5 Å². The molecule has 4 aliphatic rings. The Labute approximate surface area is 167 Å². The van der Waals surface area contributed by atoms with Gasteiger partial charge in [0.25, 0.3) is 0 Å². The van der Waals surface area contributed by atoms with Gasteiger partial charge in [-0.3, -0.25) is 9.59 Å². The summed E-state index contributed by atoms with van der Waals surface area (Å²) in [7, 11) is 0. The zero-order valence-corrected chi connectivity index (χ0v) is 16.7. The van der Waals surface area contributed by atoms with Crippen molar-refractivity contribution in [1.82, 2.24) is 5.32 Å². The Kier molecular flexibility index (Phi) is 5.61. The number of rotatable bonds is 8. The van der Waals surface area contributed by atoms with Crippen molar-refractivity contribution in [2.45, 2.75) is 51.9 Å². The van der Waals surface area contributed by atoms with Crippen LogP contribution in [-0.4, -0.2) is 31.6 Å². The highest BCUT2D eigenvalue weighted by molar-refractivity contribution is 5.82. The second kappa shape index (κ2) is 8.14. The fourth-order valence-electron chi connectivity index (χ4n) is 6.08. The van der Waals surface area contributed by atoms with Gasteiger partial charge in [0.2, 0.25) is 5.91 Å². The lowest BCUT2D eigenvalue weighted by Gasteiger charge is -2.56. The van der Waals surface area contributed by atoms with Gasteiger partial charge in [-0.05, 0) is 80.8 Å². The van der Waals surface area contributed by atoms with Gasteiger partial charge < -0.3 is 14.8 Å². The molecule has 0 heterocycles. The third kappa shape index (κ3) is 4.68. The fourth-order valence-corrected chi connectivity index (χ4v) is 6.08. The minimum absolute atomic E-state index is 0.00481. The molecule has 5 nitrogen and oxygen atoms in total. The number of hydrogen-bond acceptors (Lipinski definition) is 4. The summed E-state index contributed by atoms with van der Waals surface area (Å²) < 4.78 is 10.7. The Morgan fingerprint density at radius 1 is 1.00 bits per heavy atom. The van der Waals surface area contributed by atoms with Gasteiger partial charge in [-0.25, -0.2) is 0 Å². The number of carbonyl (C=O) groups is 2. The number of nitrogens with one attached hydrogen (secondary N) is 1. The van der Waals surface area contributed by atoms with E-state index in [2.05, 4.69) is 5.32 Å². The van der Waals surface area contributed by atoms with Crippen molar-refractivity contribution < 1.29 is 19.1 Å². The topological polar surface area (TPSA) is 64.6 Å². The van der Waals surface area contributed by atoms with Crippen molar-refractivity contribution >= 4 is 11.9 Å². The molecule has 4 bridgehead atoms. The van der Waals surface area contributed by atoms with E-state index in [4.69, 9.17) is 9.47 Å². The van der Waals surface area contributed by atoms with E-state index in [9.17, 15) is 9.59 Å². The summed E-state index contributed by atoms with van der Waals surface area (Å²) in [5, 5.41) is 2.77. The van der Waals surface area contributed by atoms with Gasteiger partial charge in [0, 0.05) is 6.42 Å². The zero-order chi connectivity index (χ0) is 19.6. The van der Waals surface area contributed by atoms with Gasteiger partial charge in [-0.15, -0.1) is 0 Å². The van der Waals surface area contributed by atoms with Gasteiger partial charge in [-0.1, -0.05) is 17.7 Å². The molecule has 5 heteroatoms. The third-order valence-electron chi connectivity index (χ3n) is 6.77. The molecular weight excluding hydrogens is 354 g/mol. The molecular formula is C23H31NO4. The van der Waals surface area contributed by atoms with Gasteiger partial charge >= 0.3 is 5.97 Å². The Bertz CT molecular complexity index is 677. The summed E-state index contributed by atoms with van der Waals surface area (Å²) in [6.45, 7) is 2.44. The molecule has 0 unspecified atom stereocenters. The van der Waals surface area contributed by atoms with Crippen molar-refractivity contribution in [2.24, 2.45) is 23.2 Å². The van der Waals surface area contributed by atoms with Crippen LogP contribution in [0.15, 0.2) is 24.3 Å². The second-order valence-corrected chi connectivity index (χ2v) is 9.25. The number of ether oxygens (including phenoxy) is 2. The maximum absolute atomic E-state index is 12.4. The highest BCUT2D eigenvalue weighted by Crippen LogP contribution is 2.61. The molecule has 1 amide bonds. The SMILES string of the molecule is Cc1ccc(OCCOC(=O)CNC(=O)CC23CC4CC(CC(C4)C2)C3)cc1. The summed E-state index contributed by atoms with van der Waals surface area (Å²) >= 11 is 0. The van der Waals surface area contributed by atoms with E-state index < -0.39 is 5.97 Å². The van der Waals surface area contributed by atoms with E-state index in [1.807, 2.05) is 31.2 Å². The second-order valence-electron chi connectivity index (χ2n) is 9.25. The molecule has 1 aromatic rings. The number of carbonyl (C=O) groups excluding carboxylic acids is 2. The molecule has 28 heavy (non-hydrogen) atoms. The van der Waals surface area contributed by atoms with Crippen LogP contribution in [0, 0.1) is 30.1 Å². The van der Waals surface area contributed by atoms with Crippen LogP contribution in [0.25, 0.3) is 0 Å². The maximum Gasteiger partial charge on any atom is 0.325 e. The summed E-state index contributed by atoms with van der Waals surface area (Å²) in [6.07, 6.45) is 8.29. The van der Waals surface area contributed by atoms with Gasteiger partial charge in [0.05, 0.1) is 0 Å². The third-order valence-corrected chi connectivity index (χ3v) is 6.77. The first-order valence-corrected chi connectivity index (χ1v) is 10.6. The smallest absolute Gasteiger partial charge is 0.325 e. The van der Waals surface area contributed by atoms with Crippen molar-refractivity contribution in [3.63, 3.8) is 0 Å². The molecule has 1 N–H and O–H groups in total. The Balaban J connectivity index is 1.13. The summed E-state index contributed by atoms with van der Waals surface area (Å²) in [5.74, 6) is 2.83. The molecule has 0 saturated heterocycles. The maximum atomic E-state index is 12.4. The average Bonchev–Trinajstić information content (AvgIpc) is 2.63. The van der Waals surface area contributed by atoms with E-state index in [1.54, 1.807) is 0 Å². The van der Waals surface area contributed by atoms with Crippen LogP contribution in [0.4, 0.5) is 0 Å². The first kappa shape index (κ1) is 19.3. The molecule has 0 atom stereocenters. The largest absolute Gasteiger partial charge is 0.490 e. The van der Waals surface area contributed by atoms with Gasteiger partial charge in [0.1, 0.15) is 25.5 Å². The van der Waals surface area contributed by atoms with E-state index >= 15 is 0 Å². The van der Waals surface area contributed by atoms with Crippen LogP contribution in [0.5, 0.6) is 5.75 Å². The highest BCUT2D eigenvalue weighted by Gasteiger charge is 2.51. The molecule has 1 aromatic carbocycles. The van der Waals surface area contributed by atoms with Gasteiger partial charge in [-0.2, -0.15) is 0 Å². The van der Waals surface area contributed by atoms with Crippen LogP contribution in [-0.2, 0) is 14.3 Å². The first-order valence-electron chi connectivity index (χ1n) is 10.6. The van der Waals surface area contributed by atoms with Gasteiger partial charge in [0.15, 0.2) is 0 Å². The van der Waals surface area contributed by atoms with Crippen molar-refractivity contribution in [3.8, 4) is 5.75 Å². The van der Waals surface area contributed by atoms with E-state index in [0.29, 0.717) is 13.0 Å². The normalized spacial score (nSPS) is 30.1. The summed E-state index contributed by atoms with van der Waals surface area (Å²) in [6, 6.07) is 7.73.